The molecule has 2 saturated heterocycles. The van der Waals surface area contributed by atoms with Crippen molar-refractivity contribution in [3.8, 4) is 0 Å². The van der Waals surface area contributed by atoms with Crippen molar-refractivity contribution in [2.24, 2.45) is 5.41 Å². The molecule has 4 aromatic rings. The van der Waals surface area contributed by atoms with E-state index in [2.05, 4.69) is 39.3 Å². The third-order valence-corrected chi connectivity index (χ3v) is 20.3. The quantitative estimate of drug-likeness (QED) is 0.0117. The van der Waals surface area contributed by atoms with E-state index in [1.807, 2.05) is 0 Å². The second kappa shape index (κ2) is 21.1. The summed E-state index contributed by atoms with van der Waals surface area (Å²) in [4.78, 5) is 94.2. The molecule has 2 fully saturated rings. The Morgan fingerprint density at radius 3 is 1.54 bits per heavy atom. The Morgan fingerprint density at radius 2 is 1.12 bits per heavy atom. The number of anilines is 2. The smallest absolute Gasteiger partial charge is 0.395 e. The van der Waals surface area contributed by atoms with Gasteiger partial charge in [0.25, 0.3) is 0 Å². The number of nitrogens with two attached hydrogens (primary N) is 2. The molecule has 6 rings (SSSR count). The van der Waals surface area contributed by atoms with Crippen LogP contribution in [-0.2, 0) is 51.0 Å². The molecular weight excluding hydrogens is 1080 g/mol. The van der Waals surface area contributed by atoms with Gasteiger partial charge in [0, 0.05) is 22.8 Å². The summed E-state index contributed by atoms with van der Waals surface area (Å²) in [6.07, 6.45) is -8.60. The average Bonchev–Trinajstić information content (AvgIpc) is 3.99. The minimum atomic E-state index is -5.90. The third kappa shape index (κ3) is 12.1. The van der Waals surface area contributed by atoms with E-state index in [4.69, 9.17) is 34.9 Å². The molecule has 2 aliphatic rings. The minimum Gasteiger partial charge on any atom is -0.395 e. The largest absolute Gasteiger partial charge is 0.417 e. The molecule has 0 bridgehead atoms. The van der Waals surface area contributed by atoms with Crippen LogP contribution in [0.15, 0.2) is 25.3 Å². The summed E-state index contributed by atoms with van der Waals surface area (Å²) >= 11 is -3.50. The van der Waals surface area contributed by atoms with Crippen molar-refractivity contribution >= 4 is 107 Å². The molecule has 0 aliphatic carbocycles. The number of aromatic nitrogens is 8. The number of aliphatic hydroxyl groups excluding tert-OH is 7. The first kappa shape index (κ1) is 54.6. The maximum atomic E-state index is 13.6. The van der Waals surface area contributed by atoms with Crippen molar-refractivity contribution in [3.05, 3.63) is 25.3 Å². The fourth-order valence-electron chi connectivity index (χ4n) is 6.16. The Balaban J connectivity index is 1.17. The first-order valence-electron chi connectivity index (χ1n) is 17.8. The zero-order valence-electron chi connectivity index (χ0n) is 32.8. The Hall–Kier alpha value is -1.78. The molecule has 0 aromatic carbocycles. The topological polar surface area (TPSA) is 535 Å². The highest BCUT2D eigenvalue weighted by molar-refractivity contribution is 8.66. The number of hydrogen-bond donors (Lipinski definition) is 15. The summed E-state index contributed by atoms with van der Waals surface area (Å²) in [6, 6.07) is 0. The van der Waals surface area contributed by atoms with Gasteiger partial charge in [0.2, 0.25) is 4.27 Å². The van der Waals surface area contributed by atoms with Crippen LogP contribution < -0.4 is 11.5 Å². The normalized spacial score (nSPS) is 27.3. The van der Waals surface area contributed by atoms with Crippen LogP contribution >= 0.6 is 73.0 Å². The van der Waals surface area contributed by atoms with Gasteiger partial charge in [-0.25, -0.2) is 57.9 Å². The van der Waals surface area contributed by atoms with E-state index in [-0.39, 0.29) is 34.0 Å². The van der Waals surface area contributed by atoms with Crippen LogP contribution in [0.2, 0.25) is 0 Å². The van der Waals surface area contributed by atoms with E-state index >= 15 is 0 Å². The van der Waals surface area contributed by atoms with E-state index in [0.717, 1.165) is 29.9 Å². The van der Waals surface area contributed by atoms with Gasteiger partial charge in [-0.05, 0) is 11.4 Å². The predicted molar refractivity (Wildman–Crippen MR) is 226 cm³/mol. The van der Waals surface area contributed by atoms with Crippen LogP contribution in [0.4, 0.5) is 11.6 Å². The van der Waals surface area contributed by atoms with Crippen molar-refractivity contribution in [1.82, 2.24) is 39.0 Å². The van der Waals surface area contributed by atoms with E-state index in [9.17, 15) is 83.4 Å². The molecule has 0 saturated carbocycles. The van der Waals surface area contributed by atoms with E-state index in [0.29, 0.717) is 0 Å². The molecule has 0 spiro atoms. The monoisotopic (exact) mass is 1110 g/mol. The van der Waals surface area contributed by atoms with E-state index in [1.54, 1.807) is 0 Å². The van der Waals surface area contributed by atoms with Gasteiger partial charge in [-0.3, -0.25) is 13.3 Å². The van der Waals surface area contributed by atoms with Gasteiger partial charge >= 0.3 is 27.2 Å². The minimum absolute atomic E-state index is 0.0287. The number of hydrogen-bond acceptors (Lipinski definition) is 30. The lowest BCUT2D eigenvalue weighted by Crippen LogP contribution is -2.55. The number of imidazole rings is 2. The number of nitrogens with zero attached hydrogens (tertiary/aromatic N) is 8. The fourth-order valence-corrected chi connectivity index (χ4v) is 19.1. The van der Waals surface area contributed by atoms with Gasteiger partial charge < -0.3 is 86.0 Å². The summed E-state index contributed by atoms with van der Waals surface area (Å²) in [5.41, 5.74) is 5.48. The molecule has 0 radical (unpaired) electrons. The molecule has 6 heterocycles. The summed E-state index contributed by atoms with van der Waals surface area (Å²) in [7, 11) is 0. The number of nitrogen functional groups attached to an aromatic ring is 2. The number of ether oxygens (including phenoxy) is 2. The number of rotatable bonds is 23. The average molecular weight is 1110 g/mol. The highest BCUT2D eigenvalue weighted by Gasteiger charge is 2.66. The summed E-state index contributed by atoms with van der Waals surface area (Å²) < 4.78 is 75.4. The van der Waals surface area contributed by atoms with Crippen molar-refractivity contribution < 1.29 is 116 Å². The van der Waals surface area contributed by atoms with Gasteiger partial charge in [0.1, 0.15) is 96.0 Å². The van der Waals surface area contributed by atoms with Crippen LogP contribution in [0.1, 0.15) is 12.5 Å². The zero-order valence-corrected chi connectivity index (χ0v) is 39.6. The fraction of sp³-hybridized carbons (Fsp3) is 0.600. The van der Waals surface area contributed by atoms with E-state index in [1.165, 1.54) is 4.57 Å². The standard InChI is InChI=1S/C25H38N10O24P4S4/c26-17-11-19(30-5-28-17)34(7-32-11)21-15(40)13(38)9(55-21)1-53-58-62(49,50)64-23(42)24(3-36,4-37)25(65-60(43,44)45,57-67-61(46,47)48)66-63(51,52)59-54-2-10-14(39)16(41)22(56-10)35-8-33-12-18(27)29-6-31-20(12)35/h5-10,13-16,21-23,36-42H,1-4H2,(H,49,50)(H,51,52)(H2,26,28,30)(H2,27,29,31)(H2,43,44,45)(H2,46,47,48)/t9-,10-,13-,14-,15-,16-,21-,22-,23?,25?/m1/s1. The summed E-state index contributed by atoms with van der Waals surface area (Å²) in [5.74, 6) is -0.0742. The molecule has 34 nitrogen and oxygen atoms in total. The van der Waals surface area contributed by atoms with Crippen LogP contribution in [0, 0.1) is 5.41 Å². The lowest BCUT2D eigenvalue weighted by Gasteiger charge is -2.47. The molecule has 12 atom stereocenters. The second-order valence-electron chi connectivity index (χ2n) is 13.7. The van der Waals surface area contributed by atoms with Crippen molar-refractivity contribution in [2.75, 3.05) is 37.9 Å². The number of aliphatic hydroxyl groups is 7. The van der Waals surface area contributed by atoms with Crippen molar-refractivity contribution in [1.29, 1.82) is 0 Å². The Kier molecular flexibility index (Phi) is 17.2. The highest BCUT2D eigenvalue weighted by atomic mass is 32.8. The molecule has 4 unspecified atom stereocenters. The summed E-state index contributed by atoms with van der Waals surface area (Å²) in [6.45, 7) is -28.7. The van der Waals surface area contributed by atoms with Gasteiger partial charge in [-0.1, -0.05) is 0 Å². The zero-order chi connectivity index (χ0) is 49.5. The molecular formula is C25H38N10O24P4S4. The van der Waals surface area contributed by atoms with Crippen LogP contribution in [0.3, 0.4) is 0 Å². The van der Waals surface area contributed by atoms with Gasteiger partial charge in [0.15, 0.2) is 35.4 Å². The van der Waals surface area contributed by atoms with Crippen molar-refractivity contribution in [3.63, 3.8) is 0 Å². The highest BCUT2D eigenvalue weighted by Crippen LogP contribution is 2.78. The van der Waals surface area contributed by atoms with E-state index < -0.39 is 164 Å². The maximum Gasteiger partial charge on any atom is 0.417 e. The lowest BCUT2D eigenvalue weighted by atomic mass is 9.91. The Morgan fingerprint density at radius 1 is 0.672 bits per heavy atom. The second-order valence-corrected chi connectivity index (χ2v) is 28.4. The number of fused-ring (bicyclic) bond motifs is 2. The Bertz CT molecular complexity index is 2580. The summed E-state index contributed by atoms with van der Waals surface area (Å²) in [5, 5.41) is 75.4. The van der Waals surface area contributed by atoms with Crippen molar-refractivity contribution in [2.45, 2.75) is 58.8 Å². The van der Waals surface area contributed by atoms with Gasteiger partial charge in [-0.15, -0.1) is 9.35 Å². The van der Waals surface area contributed by atoms with Gasteiger partial charge in [0.05, 0.1) is 25.9 Å². The first-order chi connectivity index (χ1) is 31.2. The lowest BCUT2D eigenvalue weighted by molar-refractivity contribution is -0.236. The maximum absolute atomic E-state index is 13.6. The van der Waals surface area contributed by atoms with Crippen LogP contribution in [-0.4, -0.2) is 177 Å². The third-order valence-electron chi connectivity index (χ3n) is 9.35. The molecule has 67 heavy (non-hydrogen) atoms. The van der Waals surface area contributed by atoms with Gasteiger partial charge in [-0.2, -0.15) is 0 Å². The molecule has 2 aliphatic heterocycles. The molecule has 4 aromatic heterocycles. The molecule has 0 amide bonds. The SMILES string of the molecule is Nc1ncnc2c1ncn2[C@@H]1O[C@H](COOP(=O)(O)SC(O)C(CO)(CO)C(OSP(=O)(O)O)(SP(=O)(O)O)SP(=O)(O)OOC[C@H]2O[C@@H](n3cnc4c(N)ncnc43)[C@H](O)[C@@H]2O)[C@@H](O)[C@H]1O. The first-order valence-corrected chi connectivity index (χ1v) is 29.9. The van der Waals surface area contributed by atoms with Crippen LogP contribution in [0.25, 0.3) is 22.3 Å². The molecule has 42 heteroatoms. The molecule has 17 N–H and O–H groups in total. The Labute approximate surface area is 388 Å². The predicted octanol–water partition coefficient (Wildman–Crippen LogP) is -2.84. The van der Waals surface area contributed by atoms with Crippen LogP contribution in [0.5, 0.6) is 0 Å². The molecule has 376 valence electrons.